The van der Waals surface area contributed by atoms with Gasteiger partial charge in [0.2, 0.25) is 0 Å². The SMILES string of the molecule is COC(=O)CCCCCNC(=S)Nc1ccccc1Cl. The number of hydrogen-bond donors (Lipinski definition) is 2. The minimum absolute atomic E-state index is 0.158. The van der Waals surface area contributed by atoms with Crippen molar-refractivity contribution >= 4 is 40.6 Å². The molecule has 0 spiro atoms. The molecule has 0 atom stereocenters. The highest BCUT2D eigenvalue weighted by molar-refractivity contribution is 7.80. The molecule has 1 rings (SSSR count). The van der Waals surface area contributed by atoms with Gasteiger partial charge in [0.25, 0.3) is 0 Å². The van der Waals surface area contributed by atoms with Crippen LogP contribution in [0.15, 0.2) is 24.3 Å². The smallest absolute Gasteiger partial charge is 0.305 e. The fourth-order valence-electron chi connectivity index (χ4n) is 1.60. The predicted octanol–water partition coefficient (Wildman–Crippen LogP) is 3.36. The van der Waals surface area contributed by atoms with E-state index < -0.39 is 0 Å². The van der Waals surface area contributed by atoms with Gasteiger partial charge in [0.05, 0.1) is 17.8 Å². The molecule has 110 valence electrons. The van der Waals surface area contributed by atoms with Crippen LogP contribution in [0, 0.1) is 0 Å². The molecule has 0 saturated carbocycles. The molecule has 0 aromatic heterocycles. The van der Waals surface area contributed by atoms with E-state index in [1.54, 1.807) is 6.07 Å². The average Bonchev–Trinajstić information content (AvgIpc) is 2.44. The highest BCUT2D eigenvalue weighted by Crippen LogP contribution is 2.20. The highest BCUT2D eigenvalue weighted by Gasteiger charge is 2.02. The third-order valence-electron chi connectivity index (χ3n) is 2.69. The molecule has 0 heterocycles. The van der Waals surface area contributed by atoms with Crippen LogP contribution in [0.3, 0.4) is 0 Å². The van der Waals surface area contributed by atoms with Crippen molar-refractivity contribution in [3.8, 4) is 0 Å². The van der Waals surface area contributed by atoms with Crippen LogP contribution in [0.25, 0.3) is 0 Å². The summed E-state index contributed by atoms with van der Waals surface area (Å²) in [5, 5.41) is 7.33. The lowest BCUT2D eigenvalue weighted by Gasteiger charge is -2.11. The van der Waals surface area contributed by atoms with Crippen LogP contribution in [0.2, 0.25) is 5.02 Å². The number of rotatable bonds is 7. The van der Waals surface area contributed by atoms with E-state index >= 15 is 0 Å². The number of hydrogen-bond acceptors (Lipinski definition) is 3. The van der Waals surface area contributed by atoms with E-state index in [1.807, 2.05) is 18.2 Å². The zero-order valence-corrected chi connectivity index (χ0v) is 13.0. The summed E-state index contributed by atoms with van der Waals surface area (Å²) in [7, 11) is 1.41. The fraction of sp³-hybridized carbons (Fsp3) is 0.429. The molecule has 1 aromatic carbocycles. The number of unbranched alkanes of at least 4 members (excludes halogenated alkanes) is 2. The number of thiocarbonyl (C=S) groups is 1. The van der Waals surface area contributed by atoms with Crippen LogP contribution in [0.5, 0.6) is 0 Å². The lowest BCUT2D eigenvalue weighted by molar-refractivity contribution is -0.140. The zero-order chi connectivity index (χ0) is 14.8. The quantitative estimate of drug-likeness (QED) is 0.459. The third-order valence-corrected chi connectivity index (χ3v) is 3.27. The maximum absolute atomic E-state index is 10.9. The lowest BCUT2D eigenvalue weighted by Crippen LogP contribution is -2.29. The number of halogens is 1. The topological polar surface area (TPSA) is 50.4 Å². The van der Waals surface area contributed by atoms with E-state index in [2.05, 4.69) is 15.4 Å². The number of esters is 1. The van der Waals surface area contributed by atoms with Gasteiger partial charge in [-0.25, -0.2) is 0 Å². The summed E-state index contributed by atoms with van der Waals surface area (Å²) in [6, 6.07) is 7.43. The van der Waals surface area contributed by atoms with E-state index in [-0.39, 0.29) is 5.97 Å². The Labute approximate surface area is 129 Å². The fourth-order valence-corrected chi connectivity index (χ4v) is 2.00. The first kappa shape index (κ1) is 16.7. The molecular formula is C14H19ClN2O2S. The maximum Gasteiger partial charge on any atom is 0.305 e. The molecule has 2 N–H and O–H groups in total. The minimum Gasteiger partial charge on any atom is -0.469 e. The molecule has 20 heavy (non-hydrogen) atoms. The Morgan fingerprint density at radius 3 is 2.75 bits per heavy atom. The summed E-state index contributed by atoms with van der Waals surface area (Å²) < 4.78 is 4.57. The van der Waals surface area contributed by atoms with Crippen LogP contribution < -0.4 is 10.6 Å². The number of carbonyl (C=O) groups is 1. The molecule has 0 bridgehead atoms. The molecule has 0 amide bonds. The monoisotopic (exact) mass is 314 g/mol. The van der Waals surface area contributed by atoms with Gasteiger partial charge in [0.15, 0.2) is 5.11 Å². The van der Waals surface area contributed by atoms with Crippen LogP contribution in [-0.2, 0) is 9.53 Å². The van der Waals surface area contributed by atoms with Crippen LogP contribution >= 0.6 is 23.8 Å². The number of carbonyl (C=O) groups excluding carboxylic acids is 1. The van der Waals surface area contributed by atoms with Crippen molar-refractivity contribution in [2.45, 2.75) is 25.7 Å². The number of anilines is 1. The van der Waals surface area contributed by atoms with Crippen molar-refractivity contribution in [1.29, 1.82) is 0 Å². The Morgan fingerprint density at radius 1 is 1.30 bits per heavy atom. The van der Waals surface area contributed by atoms with Gasteiger partial charge in [-0.05, 0) is 37.2 Å². The number of nitrogens with one attached hydrogen (secondary N) is 2. The molecule has 4 nitrogen and oxygen atoms in total. The second-order valence-electron chi connectivity index (χ2n) is 4.25. The zero-order valence-electron chi connectivity index (χ0n) is 11.4. The molecule has 0 saturated heterocycles. The average molecular weight is 315 g/mol. The highest BCUT2D eigenvalue weighted by atomic mass is 35.5. The molecule has 0 fully saturated rings. The molecule has 1 aromatic rings. The Kier molecular flexibility index (Phi) is 7.99. The van der Waals surface area contributed by atoms with Crippen molar-refractivity contribution in [2.24, 2.45) is 0 Å². The van der Waals surface area contributed by atoms with E-state index in [4.69, 9.17) is 23.8 Å². The summed E-state index contributed by atoms with van der Waals surface area (Å²) in [6.45, 7) is 0.761. The van der Waals surface area contributed by atoms with Gasteiger partial charge >= 0.3 is 5.97 Å². The Morgan fingerprint density at radius 2 is 2.05 bits per heavy atom. The van der Waals surface area contributed by atoms with Gasteiger partial charge in [-0.3, -0.25) is 4.79 Å². The number of methoxy groups -OCH3 is 1. The van der Waals surface area contributed by atoms with Crippen molar-refractivity contribution in [3.05, 3.63) is 29.3 Å². The Balaban J connectivity index is 2.12. The minimum atomic E-state index is -0.158. The molecule has 6 heteroatoms. The maximum atomic E-state index is 10.9. The van der Waals surface area contributed by atoms with Crippen molar-refractivity contribution in [1.82, 2.24) is 5.32 Å². The van der Waals surface area contributed by atoms with E-state index in [9.17, 15) is 4.79 Å². The molecule has 0 radical (unpaired) electrons. The van der Waals surface area contributed by atoms with Gasteiger partial charge < -0.3 is 15.4 Å². The first-order chi connectivity index (χ1) is 9.63. The molecule has 0 aliphatic heterocycles. The second kappa shape index (κ2) is 9.55. The largest absolute Gasteiger partial charge is 0.469 e. The molecular weight excluding hydrogens is 296 g/mol. The summed E-state index contributed by atoms with van der Waals surface area (Å²) in [4.78, 5) is 10.9. The summed E-state index contributed by atoms with van der Waals surface area (Å²) in [6.07, 6.45) is 3.20. The molecule has 0 aliphatic rings. The number of benzene rings is 1. The number of ether oxygens (including phenoxy) is 1. The van der Waals surface area contributed by atoms with Crippen molar-refractivity contribution in [2.75, 3.05) is 19.0 Å². The lowest BCUT2D eigenvalue weighted by atomic mass is 10.2. The predicted molar refractivity (Wildman–Crippen MR) is 86.2 cm³/mol. The number of para-hydroxylation sites is 1. The first-order valence-corrected chi connectivity index (χ1v) is 7.28. The van der Waals surface area contributed by atoms with Crippen molar-refractivity contribution in [3.63, 3.8) is 0 Å². The summed E-state index contributed by atoms with van der Waals surface area (Å²) in [5.74, 6) is -0.158. The van der Waals surface area contributed by atoms with E-state index in [0.29, 0.717) is 16.6 Å². The normalized spacial score (nSPS) is 9.90. The van der Waals surface area contributed by atoms with E-state index in [1.165, 1.54) is 7.11 Å². The molecule has 0 aliphatic carbocycles. The van der Waals surface area contributed by atoms with Gasteiger partial charge in [-0.1, -0.05) is 30.2 Å². The Bertz CT molecular complexity index is 455. The van der Waals surface area contributed by atoms with Gasteiger partial charge in [-0.15, -0.1) is 0 Å². The van der Waals surface area contributed by atoms with Crippen molar-refractivity contribution < 1.29 is 9.53 Å². The van der Waals surface area contributed by atoms with E-state index in [0.717, 1.165) is 31.5 Å². The third kappa shape index (κ3) is 6.73. The summed E-state index contributed by atoms with van der Waals surface area (Å²) >= 11 is 11.2. The summed E-state index contributed by atoms with van der Waals surface area (Å²) in [5.41, 5.74) is 0.789. The first-order valence-electron chi connectivity index (χ1n) is 6.49. The van der Waals surface area contributed by atoms with Gasteiger partial charge in [0.1, 0.15) is 0 Å². The Hall–Kier alpha value is -1.33. The second-order valence-corrected chi connectivity index (χ2v) is 5.06. The van der Waals surface area contributed by atoms with Crippen LogP contribution in [0.1, 0.15) is 25.7 Å². The van der Waals surface area contributed by atoms with Gasteiger partial charge in [0, 0.05) is 13.0 Å². The standard InChI is InChI=1S/C14H19ClN2O2S/c1-19-13(18)9-3-2-6-10-16-14(20)17-12-8-5-4-7-11(12)15/h4-5,7-8H,2-3,6,9-10H2,1H3,(H2,16,17,20). The van der Waals surface area contributed by atoms with Gasteiger partial charge in [-0.2, -0.15) is 0 Å². The van der Waals surface area contributed by atoms with Crippen LogP contribution in [-0.4, -0.2) is 24.7 Å². The van der Waals surface area contributed by atoms with Crippen LogP contribution in [0.4, 0.5) is 5.69 Å². The molecule has 0 unspecified atom stereocenters.